The summed E-state index contributed by atoms with van der Waals surface area (Å²) in [6.45, 7) is 4.00. The number of hydrogen-bond acceptors (Lipinski definition) is 7. The van der Waals surface area contributed by atoms with E-state index >= 15 is 0 Å². The van der Waals surface area contributed by atoms with Crippen LogP contribution in [-0.4, -0.2) is 52.0 Å². The van der Waals surface area contributed by atoms with Crippen molar-refractivity contribution in [2.45, 2.75) is 39.2 Å². The monoisotopic (exact) mass is 451 g/mol. The van der Waals surface area contributed by atoms with E-state index in [-0.39, 0.29) is 36.2 Å². The molecule has 2 amide bonds. The molecule has 3 rings (SSSR count). The number of carbonyl (C=O) groups is 2. The number of amides is 2. The lowest BCUT2D eigenvalue weighted by Gasteiger charge is -2.22. The molecule has 0 aromatic carbocycles. The van der Waals surface area contributed by atoms with Crippen LogP contribution in [0, 0.1) is 0 Å². The molecule has 0 spiro atoms. The second kappa shape index (κ2) is 10.7. The summed E-state index contributed by atoms with van der Waals surface area (Å²) in [4.78, 5) is 52.4. The molecule has 3 aromatic heterocycles. The van der Waals surface area contributed by atoms with Gasteiger partial charge in [-0.3, -0.25) is 28.8 Å². The Kier molecular flexibility index (Phi) is 7.70. The van der Waals surface area contributed by atoms with E-state index in [1.54, 1.807) is 43.9 Å². The summed E-state index contributed by atoms with van der Waals surface area (Å²) in [6, 6.07) is 8.60. The first-order valence-corrected chi connectivity index (χ1v) is 11.0. The average molecular weight is 452 g/mol. The topological polar surface area (TPSA) is 122 Å². The van der Waals surface area contributed by atoms with Gasteiger partial charge >= 0.3 is 0 Å². The summed E-state index contributed by atoms with van der Waals surface area (Å²) in [6.07, 6.45) is 2.81. The first-order chi connectivity index (χ1) is 15.9. The molecule has 3 heterocycles. The van der Waals surface area contributed by atoms with Crippen LogP contribution in [0.25, 0.3) is 11.2 Å². The van der Waals surface area contributed by atoms with Gasteiger partial charge in [0.1, 0.15) is 11.3 Å². The minimum atomic E-state index is -0.390. The molecule has 174 valence electrons. The Balaban J connectivity index is 2.18. The van der Waals surface area contributed by atoms with E-state index in [0.29, 0.717) is 29.8 Å². The SMILES string of the molecule is CCC(=O)N(C)c1ccc2nc(NCCC(=O)NC)c(=O)n([C@@H](CC)c3ccccn3)c2n1. The van der Waals surface area contributed by atoms with Crippen molar-refractivity contribution in [3.63, 3.8) is 0 Å². The molecular formula is C23H29N7O3. The van der Waals surface area contributed by atoms with E-state index < -0.39 is 6.04 Å². The largest absolute Gasteiger partial charge is 0.365 e. The first-order valence-electron chi connectivity index (χ1n) is 11.0. The Labute approximate surface area is 192 Å². The molecule has 0 unspecified atom stereocenters. The Morgan fingerprint density at radius 2 is 1.94 bits per heavy atom. The van der Waals surface area contributed by atoms with Crippen molar-refractivity contribution >= 4 is 34.6 Å². The molecule has 2 N–H and O–H groups in total. The highest BCUT2D eigenvalue weighted by Crippen LogP contribution is 2.24. The van der Waals surface area contributed by atoms with E-state index in [4.69, 9.17) is 0 Å². The summed E-state index contributed by atoms with van der Waals surface area (Å²) >= 11 is 0. The van der Waals surface area contributed by atoms with E-state index in [1.165, 1.54) is 4.90 Å². The maximum atomic E-state index is 13.6. The molecule has 0 aliphatic carbocycles. The molecule has 0 radical (unpaired) electrons. The lowest BCUT2D eigenvalue weighted by Crippen LogP contribution is -2.32. The maximum Gasteiger partial charge on any atom is 0.295 e. The number of carbonyl (C=O) groups excluding carboxylic acids is 2. The zero-order valence-electron chi connectivity index (χ0n) is 19.3. The minimum absolute atomic E-state index is 0.0899. The van der Waals surface area contributed by atoms with Gasteiger partial charge in [-0.2, -0.15) is 0 Å². The lowest BCUT2D eigenvalue weighted by atomic mass is 10.1. The quantitative estimate of drug-likeness (QED) is 0.511. The fraction of sp³-hybridized carbons (Fsp3) is 0.391. The van der Waals surface area contributed by atoms with Gasteiger partial charge < -0.3 is 10.6 Å². The standard InChI is InChI=1S/C23H29N7O3/c1-5-17(15-9-7-8-13-25-15)30-22-16(10-11-18(28-22)29(4)20(32)6-2)27-21(23(30)33)26-14-12-19(31)24-3/h7-11,13,17H,5-6,12,14H2,1-4H3,(H,24,31)(H,26,27)/t17-/m0/s1. The zero-order chi connectivity index (χ0) is 24.0. The number of nitrogens with one attached hydrogen (secondary N) is 2. The highest BCUT2D eigenvalue weighted by Gasteiger charge is 2.22. The second-order valence-corrected chi connectivity index (χ2v) is 7.48. The predicted octanol–water partition coefficient (Wildman–Crippen LogP) is 2.11. The Bertz CT molecular complexity index is 1190. The van der Waals surface area contributed by atoms with Gasteiger partial charge in [0.2, 0.25) is 11.8 Å². The number of anilines is 2. The Hall–Kier alpha value is -3.82. The van der Waals surface area contributed by atoms with Crippen LogP contribution in [0.5, 0.6) is 0 Å². The normalized spacial score (nSPS) is 11.8. The van der Waals surface area contributed by atoms with Crippen LogP contribution in [0.1, 0.15) is 44.8 Å². The van der Waals surface area contributed by atoms with Crippen molar-refractivity contribution in [3.8, 4) is 0 Å². The van der Waals surface area contributed by atoms with Crippen LogP contribution in [0.4, 0.5) is 11.6 Å². The number of fused-ring (bicyclic) bond motifs is 1. The first kappa shape index (κ1) is 23.8. The van der Waals surface area contributed by atoms with Gasteiger partial charge in [-0.25, -0.2) is 9.97 Å². The molecule has 33 heavy (non-hydrogen) atoms. The number of rotatable bonds is 9. The third-order valence-corrected chi connectivity index (χ3v) is 5.39. The smallest absolute Gasteiger partial charge is 0.295 e. The zero-order valence-corrected chi connectivity index (χ0v) is 19.3. The number of hydrogen-bond donors (Lipinski definition) is 2. The maximum absolute atomic E-state index is 13.6. The van der Waals surface area contributed by atoms with Crippen LogP contribution >= 0.6 is 0 Å². The summed E-state index contributed by atoms with van der Waals surface area (Å²) < 4.78 is 1.57. The average Bonchev–Trinajstić information content (AvgIpc) is 2.85. The molecule has 0 fully saturated rings. The molecule has 0 saturated heterocycles. The van der Waals surface area contributed by atoms with Gasteiger partial charge in [-0.15, -0.1) is 0 Å². The fourth-order valence-corrected chi connectivity index (χ4v) is 3.55. The van der Waals surface area contributed by atoms with Gasteiger partial charge in [0, 0.05) is 39.7 Å². The van der Waals surface area contributed by atoms with Crippen LogP contribution in [0.2, 0.25) is 0 Å². The molecule has 0 saturated carbocycles. The third kappa shape index (κ3) is 5.16. The summed E-state index contributed by atoms with van der Waals surface area (Å²) in [7, 11) is 3.21. The lowest BCUT2D eigenvalue weighted by molar-refractivity contribution is -0.120. The highest BCUT2D eigenvalue weighted by atomic mass is 16.2. The molecular weight excluding hydrogens is 422 g/mol. The predicted molar refractivity (Wildman–Crippen MR) is 127 cm³/mol. The Morgan fingerprint density at radius 1 is 1.15 bits per heavy atom. The van der Waals surface area contributed by atoms with Gasteiger partial charge in [0.05, 0.1) is 11.7 Å². The van der Waals surface area contributed by atoms with Gasteiger partial charge in [-0.1, -0.05) is 19.9 Å². The second-order valence-electron chi connectivity index (χ2n) is 7.48. The van der Waals surface area contributed by atoms with Crippen molar-refractivity contribution in [2.24, 2.45) is 0 Å². The molecule has 0 aliphatic heterocycles. The minimum Gasteiger partial charge on any atom is -0.365 e. The van der Waals surface area contributed by atoms with Crippen LogP contribution < -0.4 is 21.1 Å². The van der Waals surface area contributed by atoms with E-state index in [1.807, 2.05) is 25.1 Å². The molecule has 0 bridgehead atoms. The summed E-state index contributed by atoms with van der Waals surface area (Å²) in [5.74, 6) is 0.334. The van der Waals surface area contributed by atoms with Crippen molar-refractivity contribution < 1.29 is 9.59 Å². The highest BCUT2D eigenvalue weighted by molar-refractivity contribution is 5.92. The van der Waals surface area contributed by atoms with Crippen molar-refractivity contribution in [3.05, 3.63) is 52.6 Å². The van der Waals surface area contributed by atoms with Crippen LogP contribution in [0.15, 0.2) is 41.3 Å². The van der Waals surface area contributed by atoms with Crippen LogP contribution in [-0.2, 0) is 9.59 Å². The van der Waals surface area contributed by atoms with E-state index in [2.05, 4.69) is 25.6 Å². The number of nitrogens with zero attached hydrogens (tertiary/aromatic N) is 5. The van der Waals surface area contributed by atoms with Crippen molar-refractivity contribution in [1.82, 2.24) is 24.8 Å². The van der Waals surface area contributed by atoms with Crippen molar-refractivity contribution in [2.75, 3.05) is 30.9 Å². The molecule has 3 aromatic rings. The van der Waals surface area contributed by atoms with Crippen molar-refractivity contribution in [1.29, 1.82) is 0 Å². The number of aromatic nitrogens is 4. The molecule has 1 atom stereocenters. The molecule has 10 heteroatoms. The van der Waals surface area contributed by atoms with E-state index in [0.717, 1.165) is 5.69 Å². The van der Waals surface area contributed by atoms with E-state index in [9.17, 15) is 14.4 Å². The summed E-state index contributed by atoms with van der Waals surface area (Å²) in [5.41, 5.74) is 1.21. The fourth-order valence-electron chi connectivity index (χ4n) is 3.55. The van der Waals surface area contributed by atoms with Gasteiger partial charge in [0.15, 0.2) is 11.5 Å². The molecule has 0 aliphatic rings. The molecule has 10 nitrogen and oxygen atoms in total. The summed E-state index contributed by atoms with van der Waals surface area (Å²) in [5, 5.41) is 5.54. The third-order valence-electron chi connectivity index (χ3n) is 5.39. The van der Waals surface area contributed by atoms with Crippen LogP contribution in [0.3, 0.4) is 0 Å². The Morgan fingerprint density at radius 3 is 2.58 bits per heavy atom. The van der Waals surface area contributed by atoms with Gasteiger partial charge in [0.25, 0.3) is 5.56 Å². The van der Waals surface area contributed by atoms with Gasteiger partial charge in [-0.05, 0) is 30.7 Å². The number of pyridine rings is 2.